The molecule has 2 N–H and O–H groups in total. The summed E-state index contributed by atoms with van der Waals surface area (Å²) in [6, 6.07) is -1.24. The SMILES string of the molecule is CC(NC(=O)c1noc(C(F)(F)F)c1C12CC(C1)C2)C(=O)O. The monoisotopic (exact) mass is 318 g/mol. The highest BCUT2D eigenvalue weighted by Gasteiger charge is 2.62. The Morgan fingerprint density at radius 1 is 1.41 bits per heavy atom. The molecule has 0 radical (unpaired) electrons. The normalized spacial score (nSPS) is 27.5. The standard InChI is InChI=1S/C13H13F3N2O4/c1-5(11(20)21)17-10(19)8-7(12-2-6(3-12)4-12)9(22-18-8)13(14,15)16/h5-6H,2-4H2,1H3,(H,17,19)(H,20,21). The number of carbonyl (C=O) groups excluding carboxylic acids is 1. The fourth-order valence-corrected chi connectivity index (χ4v) is 3.24. The van der Waals surface area contributed by atoms with Crippen LogP contribution in [0.3, 0.4) is 0 Å². The first kappa shape index (κ1) is 14.9. The maximum Gasteiger partial charge on any atom is 0.452 e. The molecule has 4 rings (SSSR count). The number of carbonyl (C=O) groups is 2. The zero-order chi connectivity index (χ0) is 16.3. The minimum absolute atomic E-state index is 0.224. The molecule has 9 heteroatoms. The van der Waals surface area contributed by atoms with Crippen LogP contribution in [-0.2, 0) is 16.4 Å². The highest BCUT2D eigenvalue weighted by atomic mass is 19.4. The van der Waals surface area contributed by atoms with Gasteiger partial charge >= 0.3 is 12.1 Å². The number of halogens is 3. The second kappa shape index (κ2) is 4.47. The summed E-state index contributed by atoms with van der Waals surface area (Å²) in [6.45, 7) is 1.21. The van der Waals surface area contributed by atoms with Crippen molar-refractivity contribution in [3.8, 4) is 0 Å². The second-order valence-corrected chi connectivity index (χ2v) is 6.03. The van der Waals surface area contributed by atoms with E-state index in [9.17, 15) is 22.8 Å². The Labute approximate surface area is 122 Å². The third-order valence-corrected chi connectivity index (χ3v) is 4.45. The quantitative estimate of drug-likeness (QED) is 0.885. The summed E-state index contributed by atoms with van der Waals surface area (Å²) in [5.41, 5.74) is -1.38. The molecule has 1 unspecified atom stereocenters. The number of carboxylic acids is 1. The van der Waals surface area contributed by atoms with Crippen molar-refractivity contribution in [1.29, 1.82) is 0 Å². The van der Waals surface area contributed by atoms with Crippen LogP contribution in [0, 0.1) is 5.92 Å². The third kappa shape index (κ3) is 2.06. The van der Waals surface area contributed by atoms with E-state index in [0.29, 0.717) is 25.2 Å². The van der Waals surface area contributed by atoms with Gasteiger partial charge in [0.25, 0.3) is 5.91 Å². The van der Waals surface area contributed by atoms with Crippen LogP contribution in [0.2, 0.25) is 0 Å². The van der Waals surface area contributed by atoms with E-state index in [2.05, 4.69) is 15.0 Å². The minimum Gasteiger partial charge on any atom is -0.480 e. The lowest BCUT2D eigenvalue weighted by atomic mass is 9.42. The molecular formula is C13H13F3N2O4. The van der Waals surface area contributed by atoms with Gasteiger partial charge in [0.15, 0.2) is 5.69 Å². The topological polar surface area (TPSA) is 92.4 Å². The lowest BCUT2D eigenvalue weighted by Crippen LogP contribution is -2.56. The summed E-state index contributed by atoms with van der Waals surface area (Å²) in [7, 11) is 0. The van der Waals surface area contributed by atoms with E-state index in [0.717, 1.165) is 0 Å². The summed E-state index contributed by atoms with van der Waals surface area (Å²) in [5, 5.41) is 14.1. The van der Waals surface area contributed by atoms with Gasteiger partial charge in [-0.15, -0.1) is 0 Å². The Bertz CT molecular complexity index is 635. The fourth-order valence-electron chi connectivity index (χ4n) is 3.24. The van der Waals surface area contributed by atoms with Crippen LogP contribution in [0.4, 0.5) is 13.2 Å². The summed E-state index contributed by atoms with van der Waals surface area (Å²) in [5.74, 6) is -3.11. The van der Waals surface area contributed by atoms with Crippen LogP contribution < -0.4 is 5.32 Å². The number of hydrogen-bond donors (Lipinski definition) is 2. The Kier molecular flexibility index (Phi) is 3.02. The van der Waals surface area contributed by atoms with Crippen molar-refractivity contribution in [3.63, 3.8) is 0 Å². The van der Waals surface area contributed by atoms with Crippen molar-refractivity contribution in [1.82, 2.24) is 10.5 Å². The van der Waals surface area contributed by atoms with E-state index in [4.69, 9.17) is 5.11 Å². The van der Waals surface area contributed by atoms with Crippen LogP contribution in [0.15, 0.2) is 4.52 Å². The number of hydrogen-bond acceptors (Lipinski definition) is 4. The largest absolute Gasteiger partial charge is 0.480 e. The van der Waals surface area contributed by atoms with Gasteiger partial charge in [-0.3, -0.25) is 9.59 Å². The van der Waals surface area contributed by atoms with Crippen molar-refractivity contribution in [2.24, 2.45) is 5.92 Å². The maximum atomic E-state index is 13.1. The highest BCUT2D eigenvalue weighted by molar-refractivity contribution is 5.96. The third-order valence-electron chi connectivity index (χ3n) is 4.45. The Morgan fingerprint density at radius 3 is 2.41 bits per heavy atom. The maximum absolute atomic E-state index is 13.1. The van der Waals surface area contributed by atoms with E-state index in [1.807, 2.05) is 0 Å². The zero-order valence-corrected chi connectivity index (χ0v) is 11.5. The molecule has 0 aliphatic heterocycles. The molecule has 3 fully saturated rings. The molecule has 1 heterocycles. The van der Waals surface area contributed by atoms with Crippen molar-refractivity contribution in [2.45, 2.75) is 43.8 Å². The number of aliphatic carboxylic acids is 1. The van der Waals surface area contributed by atoms with E-state index >= 15 is 0 Å². The van der Waals surface area contributed by atoms with Gasteiger partial charge in [-0.2, -0.15) is 13.2 Å². The van der Waals surface area contributed by atoms with E-state index in [1.54, 1.807) is 0 Å². The molecule has 3 saturated carbocycles. The molecule has 3 aliphatic rings. The number of nitrogens with zero attached hydrogens (tertiary/aromatic N) is 1. The van der Waals surface area contributed by atoms with Gasteiger partial charge in [-0.05, 0) is 32.1 Å². The van der Waals surface area contributed by atoms with Gasteiger partial charge in [0.2, 0.25) is 5.76 Å². The average Bonchev–Trinajstić information content (AvgIpc) is 2.68. The van der Waals surface area contributed by atoms with E-state index < -0.39 is 41.0 Å². The van der Waals surface area contributed by atoms with Crippen LogP contribution in [0.5, 0.6) is 0 Å². The summed E-state index contributed by atoms with van der Waals surface area (Å²) in [6.07, 6.45) is -3.02. The molecule has 0 aromatic carbocycles. The first-order valence-corrected chi connectivity index (χ1v) is 6.75. The Hall–Kier alpha value is -2.06. The Balaban J connectivity index is 1.96. The zero-order valence-electron chi connectivity index (χ0n) is 11.5. The molecule has 1 amide bonds. The second-order valence-electron chi connectivity index (χ2n) is 6.03. The lowest BCUT2D eigenvalue weighted by Gasteiger charge is -2.61. The van der Waals surface area contributed by atoms with Crippen molar-refractivity contribution in [2.75, 3.05) is 0 Å². The molecule has 2 bridgehead atoms. The smallest absolute Gasteiger partial charge is 0.452 e. The number of carboxylic acid groups (broad SMARTS) is 1. The number of amides is 1. The van der Waals surface area contributed by atoms with Gasteiger partial charge in [0, 0.05) is 11.0 Å². The first-order valence-electron chi connectivity index (χ1n) is 6.75. The van der Waals surface area contributed by atoms with Crippen molar-refractivity contribution >= 4 is 11.9 Å². The first-order chi connectivity index (χ1) is 10.1. The van der Waals surface area contributed by atoms with E-state index in [-0.39, 0.29) is 5.56 Å². The summed E-state index contributed by atoms with van der Waals surface area (Å²) in [4.78, 5) is 22.8. The summed E-state index contributed by atoms with van der Waals surface area (Å²) >= 11 is 0. The molecule has 1 aromatic heterocycles. The van der Waals surface area contributed by atoms with Crippen LogP contribution in [0.25, 0.3) is 0 Å². The van der Waals surface area contributed by atoms with Gasteiger partial charge in [-0.25, -0.2) is 0 Å². The average molecular weight is 318 g/mol. The number of nitrogens with one attached hydrogen (secondary N) is 1. The van der Waals surface area contributed by atoms with Gasteiger partial charge in [0.1, 0.15) is 6.04 Å². The van der Waals surface area contributed by atoms with Crippen LogP contribution >= 0.6 is 0 Å². The molecule has 6 nitrogen and oxygen atoms in total. The molecule has 3 aliphatic carbocycles. The molecule has 120 valence electrons. The molecule has 1 atom stereocenters. The molecule has 0 spiro atoms. The number of rotatable bonds is 4. The minimum atomic E-state index is -4.74. The number of aromatic nitrogens is 1. The molecule has 1 aromatic rings. The fraction of sp³-hybridized carbons (Fsp3) is 0.615. The van der Waals surface area contributed by atoms with Crippen LogP contribution in [0.1, 0.15) is 48.0 Å². The lowest BCUT2D eigenvalue weighted by molar-refractivity contribution is -0.159. The predicted octanol–water partition coefficient (Wildman–Crippen LogP) is 1.95. The van der Waals surface area contributed by atoms with E-state index in [1.165, 1.54) is 6.92 Å². The molecule has 22 heavy (non-hydrogen) atoms. The molecular weight excluding hydrogens is 305 g/mol. The molecule has 0 saturated heterocycles. The number of alkyl halides is 3. The predicted molar refractivity (Wildman–Crippen MR) is 65.1 cm³/mol. The highest BCUT2D eigenvalue weighted by Crippen LogP contribution is 2.67. The van der Waals surface area contributed by atoms with Gasteiger partial charge in [0.05, 0.1) is 0 Å². The van der Waals surface area contributed by atoms with Gasteiger partial charge in [-0.1, -0.05) is 5.16 Å². The van der Waals surface area contributed by atoms with Crippen molar-refractivity contribution in [3.05, 3.63) is 17.0 Å². The van der Waals surface area contributed by atoms with Crippen molar-refractivity contribution < 1.29 is 32.4 Å². The van der Waals surface area contributed by atoms with Gasteiger partial charge < -0.3 is 14.9 Å². The van der Waals surface area contributed by atoms with Crippen LogP contribution in [-0.4, -0.2) is 28.2 Å². The Morgan fingerprint density at radius 2 is 2.00 bits per heavy atom. The summed E-state index contributed by atoms with van der Waals surface area (Å²) < 4.78 is 43.6.